The first-order chi connectivity index (χ1) is 14.0. The lowest BCUT2D eigenvalue weighted by molar-refractivity contribution is -0.131. The van der Waals surface area contributed by atoms with Crippen molar-refractivity contribution in [2.45, 2.75) is 65.7 Å². The number of ether oxygens (including phenoxy) is 1. The molecule has 0 unspecified atom stereocenters. The molecule has 1 rings (SSSR count). The van der Waals surface area contributed by atoms with Gasteiger partial charge in [-0.25, -0.2) is 4.79 Å². The van der Waals surface area contributed by atoms with Crippen LogP contribution in [0.3, 0.4) is 0 Å². The number of allylic oxidation sites excluding steroid dienone is 6. The van der Waals surface area contributed by atoms with Gasteiger partial charge in [0.05, 0.1) is 6.61 Å². The molecule has 0 saturated heterocycles. The minimum absolute atomic E-state index is 0.703. The van der Waals surface area contributed by atoms with E-state index in [4.69, 9.17) is 9.84 Å². The van der Waals surface area contributed by atoms with Gasteiger partial charge in [0, 0.05) is 11.6 Å². The highest BCUT2D eigenvalue weighted by Crippen LogP contribution is 2.21. The molecule has 3 nitrogen and oxygen atoms in total. The second-order valence-electron chi connectivity index (χ2n) is 7.34. The normalized spacial score (nSPS) is 12.8. The number of aliphatic carboxylic acids is 1. The highest BCUT2D eigenvalue weighted by atomic mass is 16.5. The summed E-state index contributed by atoms with van der Waals surface area (Å²) in [5.74, 6) is -0.0147. The molecule has 1 aromatic carbocycles. The fraction of sp³-hybridized carbons (Fsp3) is 0.423. The van der Waals surface area contributed by atoms with Crippen LogP contribution in [0.25, 0.3) is 6.08 Å². The number of rotatable bonds is 14. The van der Waals surface area contributed by atoms with E-state index >= 15 is 0 Å². The van der Waals surface area contributed by atoms with E-state index in [-0.39, 0.29) is 0 Å². The molecule has 0 heterocycles. The Balaban J connectivity index is 2.50. The molecule has 0 radical (unpaired) electrons. The van der Waals surface area contributed by atoms with E-state index in [1.807, 2.05) is 43.4 Å². The highest BCUT2D eigenvalue weighted by Gasteiger charge is 2.00. The number of carboxylic acid groups (broad SMARTS) is 1. The van der Waals surface area contributed by atoms with Gasteiger partial charge < -0.3 is 9.84 Å². The van der Waals surface area contributed by atoms with Crippen molar-refractivity contribution in [1.29, 1.82) is 0 Å². The Hall–Kier alpha value is -2.55. The van der Waals surface area contributed by atoms with Gasteiger partial charge in [-0.1, -0.05) is 99.6 Å². The molecule has 29 heavy (non-hydrogen) atoms. The molecule has 0 aliphatic rings. The number of hydrogen-bond acceptors (Lipinski definition) is 2. The zero-order valence-corrected chi connectivity index (χ0v) is 18.2. The van der Waals surface area contributed by atoms with Gasteiger partial charge in [-0.3, -0.25) is 0 Å². The lowest BCUT2D eigenvalue weighted by Crippen LogP contribution is -1.98. The van der Waals surface area contributed by atoms with Crippen LogP contribution in [-0.2, 0) is 4.79 Å². The number of benzene rings is 1. The molecule has 1 N–H and O–H groups in total. The molecule has 0 atom stereocenters. The third-order valence-electron chi connectivity index (χ3n) is 4.52. The predicted molar refractivity (Wildman–Crippen MR) is 123 cm³/mol. The number of carbonyl (C=O) groups is 1. The molecular formula is C26H36O3. The van der Waals surface area contributed by atoms with E-state index < -0.39 is 5.97 Å². The van der Waals surface area contributed by atoms with Crippen molar-refractivity contribution in [3.05, 3.63) is 71.4 Å². The third-order valence-corrected chi connectivity index (χ3v) is 4.52. The maximum Gasteiger partial charge on any atom is 0.328 e. The lowest BCUT2D eigenvalue weighted by Gasteiger charge is -2.09. The molecule has 0 spiro atoms. The first-order valence-corrected chi connectivity index (χ1v) is 10.7. The molecule has 0 aliphatic heterocycles. The molecule has 0 aromatic heterocycles. The Morgan fingerprint density at radius 2 is 1.66 bits per heavy atom. The zero-order valence-electron chi connectivity index (χ0n) is 18.2. The van der Waals surface area contributed by atoms with E-state index in [0.29, 0.717) is 5.57 Å². The van der Waals surface area contributed by atoms with Crippen LogP contribution in [0.2, 0.25) is 0 Å². The first-order valence-electron chi connectivity index (χ1n) is 10.7. The van der Waals surface area contributed by atoms with Crippen molar-refractivity contribution in [3.8, 4) is 5.75 Å². The van der Waals surface area contributed by atoms with E-state index in [2.05, 4.69) is 19.1 Å². The number of carboxylic acids is 1. The summed E-state index contributed by atoms with van der Waals surface area (Å²) in [5.41, 5.74) is 2.84. The van der Waals surface area contributed by atoms with Crippen LogP contribution in [0.5, 0.6) is 5.75 Å². The van der Waals surface area contributed by atoms with Crippen LogP contribution in [-0.4, -0.2) is 17.7 Å². The van der Waals surface area contributed by atoms with Gasteiger partial charge in [0.1, 0.15) is 5.75 Å². The fourth-order valence-corrected chi connectivity index (χ4v) is 2.86. The highest BCUT2D eigenvalue weighted by molar-refractivity contribution is 5.81. The van der Waals surface area contributed by atoms with Crippen LogP contribution >= 0.6 is 0 Å². The molecule has 158 valence electrons. The van der Waals surface area contributed by atoms with E-state index in [9.17, 15) is 4.79 Å². The van der Waals surface area contributed by atoms with Gasteiger partial charge in [0.15, 0.2) is 0 Å². The second kappa shape index (κ2) is 15.4. The summed E-state index contributed by atoms with van der Waals surface area (Å²) >= 11 is 0. The Morgan fingerprint density at radius 1 is 0.966 bits per heavy atom. The maximum absolute atomic E-state index is 10.6. The van der Waals surface area contributed by atoms with Gasteiger partial charge in [0.2, 0.25) is 0 Å². The van der Waals surface area contributed by atoms with Crippen molar-refractivity contribution in [1.82, 2.24) is 0 Å². The summed E-state index contributed by atoms with van der Waals surface area (Å²) in [5, 5.41) is 8.72. The van der Waals surface area contributed by atoms with Crippen LogP contribution in [0.1, 0.15) is 71.3 Å². The quantitative estimate of drug-likeness (QED) is 0.203. The van der Waals surface area contributed by atoms with Gasteiger partial charge in [0.25, 0.3) is 0 Å². The van der Waals surface area contributed by atoms with E-state index in [1.165, 1.54) is 44.6 Å². The van der Waals surface area contributed by atoms with Gasteiger partial charge in [-0.2, -0.15) is 0 Å². The minimum atomic E-state index is -0.930. The monoisotopic (exact) mass is 396 g/mol. The topological polar surface area (TPSA) is 46.5 Å². The van der Waals surface area contributed by atoms with Gasteiger partial charge >= 0.3 is 5.97 Å². The largest absolute Gasteiger partial charge is 0.493 e. The zero-order chi connectivity index (χ0) is 21.3. The van der Waals surface area contributed by atoms with Crippen molar-refractivity contribution >= 4 is 12.0 Å². The fourth-order valence-electron chi connectivity index (χ4n) is 2.86. The summed E-state index contributed by atoms with van der Waals surface area (Å²) in [6.07, 6.45) is 19.8. The Morgan fingerprint density at radius 3 is 2.38 bits per heavy atom. The molecule has 0 amide bonds. The van der Waals surface area contributed by atoms with Crippen molar-refractivity contribution in [2.24, 2.45) is 0 Å². The first kappa shape index (κ1) is 24.5. The molecule has 0 aliphatic carbocycles. The average Bonchev–Trinajstić information content (AvgIpc) is 2.68. The van der Waals surface area contributed by atoms with E-state index in [1.54, 1.807) is 13.0 Å². The number of para-hydroxylation sites is 1. The lowest BCUT2D eigenvalue weighted by atomic mass is 10.1. The summed E-state index contributed by atoms with van der Waals surface area (Å²) in [6.45, 7) is 6.78. The van der Waals surface area contributed by atoms with Crippen LogP contribution in [0.4, 0.5) is 0 Å². The number of hydrogen-bond donors (Lipinski definition) is 1. The van der Waals surface area contributed by atoms with Crippen molar-refractivity contribution in [2.75, 3.05) is 6.61 Å². The Labute approximate surface area is 176 Å². The summed E-state index contributed by atoms with van der Waals surface area (Å²) < 4.78 is 6.00. The van der Waals surface area contributed by atoms with E-state index in [0.717, 1.165) is 29.9 Å². The number of unbranched alkanes of at least 4 members (excludes halogenated alkanes) is 6. The second-order valence-corrected chi connectivity index (χ2v) is 7.34. The Kier molecular flexibility index (Phi) is 13.0. The summed E-state index contributed by atoms with van der Waals surface area (Å²) in [4.78, 5) is 10.6. The van der Waals surface area contributed by atoms with Crippen molar-refractivity contribution in [3.63, 3.8) is 0 Å². The molecule has 0 fully saturated rings. The maximum atomic E-state index is 10.6. The third kappa shape index (κ3) is 12.5. The molecule has 3 heteroatoms. The average molecular weight is 397 g/mol. The standard InChI is InChI=1S/C26H36O3/c1-4-5-6-7-8-9-12-20-29-25-17-11-10-16-24(25)19-18-22(2)14-13-15-23(3)21-26(27)28/h10-11,13-19,21H,4-9,12,20H2,1-3H3,(H,27,28)/b15-13?,19-18?,22-14?,23-21+. The molecule has 0 saturated carbocycles. The van der Waals surface area contributed by atoms with Crippen LogP contribution in [0.15, 0.2) is 65.8 Å². The predicted octanol–water partition coefficient (Wildman–Crippen LogP) is 7.36. The van der Waals surface area contributed by atoms with Gasteiger partial charge in [-0.15, -0.1) is 0 Å². The Bertz CT molecular complexity index is 723. The molecule has 1 aromatic rings. The summed E-state index contributed by atoms with van der Waals surface area (Å²) in [7, 11) is 0. The van der Waals surface area contributed by atoms with Crippen molar-refractivity contribution < 1.29 is 14.6 Å². The summed E-state index contributed by atoms with van der Waals surface area (Å²) in [6, 6.07) is 8.08. The van der Waals surface area contributed by atoms with Crippen LogP contribution < -0.4 is 4.74 Å². The molecule has 0 bridgehead atoms. The SMILES string of the molecule is CCCCCCCCCOc1ccccc1C=CC(C)=CC=C/C(C)=C/C(=O)O. The smallest absolute Gasteiger partial charge is 0.328 e. The van der Waals surface area contributed by atoms with Crippen LogP contribution in [0, 0.1) is 0 Å². The minimum Gasteiger partial charge on any atom is -0.493 e. The molecular weight excluding hydrogens is 360 g/mol. The van der Waals surface area contributed by atoms with Gasteiger partial charge in [-0.05, 0) is 31.9 Å².